The lowest BCUT2D eigenvalue weighted by molar-refractivity contribution is 0.0739. The standard InChI is InChI=1S/C27H33N3O4S/c1-19-2-12-25(13-3-19)35(33)28-27(32)29-15-14-24(18-29)34-23-10-8-22(9-11-23)26(31)30-16-20-4-5-21(17-30)7-6-20/h2-3,8-13,20-21,24H,4-7,14-18H2,1H3,(H,28,32). The number of ether oxygens (including phenoxy) is 1. The van der Waals surface area contributed by atoms with E-state index < -0.39 is 11.0 Å². The van der Waals surface area contributed by atoms with Crippen molar-refractivity contribution in [1.29, 1.82) is 0 Å². The number of fused-ring (bicyclic) bond motifs is 4. The average Bonchev–Trinajstić information content (AvgIpc) is 3.12. The maximum atomic E-state index is 13.1. The van der Waals surface area contributed by atoms with Crippen molar-refractivity contribution in [2.24, 2.45) is 11.8 Å². The Morgan fingerprint density at radius 2 is 1.49 bits per heavy atom. The molecule has 6 rings (SSSR count). The monoisotopic (exact) mass is 495 g/mol. The molecule has 7 nitrogen and oxygen atoms in total. The molecular weight excluding hydrogens is 462 g/mol. The van der Waals surface area contributed by atoms with Crippen molar-refractivity contribution in [3.05, 3.63) is 59.7 Å². The van der Waals surface area contributed by atoms with Crippen LogP contribution in [0.3, 0.4) is 0 Å². The molecule has 3 saturated heterocycles. The van der Waals surface area contributed by atoms with E-state index in [0.29, 0.717) is 47.6 Å². The van der Waals surface area contributed by atoms with E-state index in [4.69, 9.17) is 4.74 Å². The number of carbonyl (C=O) groups excluding carboxylic acids is 2. The number of nitrogens with one attached hydrogen (secondary N) is 1. The van der Waals surface area contributed by atoms with Gasteiger partial charge >= 0.3 is 6.03 Å². The van der Waals surface area contributed by atoms with Crippen molar-refractivity contribution in [2.45, 2.75) is 50.0 Å². The van der Waals surface area contributed by atoms with Gasteiger partial charge in [0.05, 0.1) is 11.4 Å². The van der Waals surface area contributed by atoms with E-state index in [1.54, 1.807) is 17.0 Å². The normalized spacial score (nSPS) is 24.7. The summed E-state index contributed by atoms with van der Waals surface area (Å²) in [4.78, 5) is 29.9. The zero-order chi connectivity index (χ0) is 24.4. The molecule has 2 aromatic rings. The van der Waals surface area contributed by atoms with Gasteiger partial charge in [-0.15, -0.1) is 0 Å². The molecule has 2 aromatic carbocycles. The summed E-state index contributed by atoms with van der Waals surface area (Å²) in [5, 5.41) is 0. The van der Waals surface area contributed by atoms with Crippen molar-refractivity contribution < 1.29 is 18.5 Å². The highest BCUT2D eigenvalue weighted by atomic mass is 32.2. The second kappa shape index (κ2) is 10.4. The molecule has 35 heavy (non-hydrogen) atoms. The number of carbonyl (C=O) groups is 2. The minimum atomic E-state index is -1.60. The van der Waals surface area contributed by atoms with E-state index in [9.17, 15) is 13.8 Å². The van der Waals surface area contributed by atoms with Gasteiger partial charge in [0.2, 0.25) is 0 Å². The van der Waals surface area contributed by atoms with Crippen LogP contribution in [0.15, 0.2) is 53.4 Å². The maximum absolute atomic E-state index is 13.1. The molecule has 1 N–H and O–H groups in total. The molecule has 4 fully saturated rings. The first-order chi connectivity index (χ1) is 16.9. The SMILES string of the molecule is Cc1ccc(S(=O)NC(=O)N2CCC(Oc3ccc(C(=O)N4CC5CCC(CC5)C4)cc3)C2)cc1. The van der Waals surface area contributed by atoms with E-state index in [-0.39, 0.29) is 18.0 Å². The van der Waals surface area contributed by atoms with E-state index in [0.717, 1.165) is 18.7 Å². The topological polar surface area (TPSA) is 79.0 Å². The Hall–Kier alpha value is -2.87. The van der Waals surface area contributed by atoms with Crippen LogP contribution in [0.2, 0.25) is 0 Å². The number of amides is 3. The Bertz CT molecular complexity index is 1070. The van der Waals surface area contributed by atoms with Crippen LogP contribution in [-0.4, -0.2) is 58.2 Å². The fourth-order valence-electron chi connectivity index (χ4n) is 5.38. The van der Waals surface area contributed by atoms with Gasteiger partial charge in [0, 0.05) is 31.6 Å². The predicted octanol–water partition coefficient (Wildman–Crippen LogP) is 4.14. The van der Waals surface area contributed by atoms with E-state index in [2.05, 4.69) is 4.72 Å². The molecule has 8 heteroatoms. The molecule has 186 valence electrons. The highest BCUT2D eigenvalue weighted by Gasteiger charge is 2.32. The lowest BCUT2D eigenvalue weighted by Crippen LogP contribution is -2.40. The average molecular weight is 496 g/mol. The maximum Gasteiger partial charge on any atom is 0.329 e. The zero-order valence-electron chi connectivity index (χ0n) is 20.2. The quantitative estimate of drug-likeness (QED) is 0.676. The fraction of sp³-hybridized carbons (Fsp3) is 0.481. The van der Waals surface area contributed by atoms with Crippen LogP contribution < -0.4 is 9.46 Å². The Labute approximate surface area is 209 Å². The molecule has 3 aliphatic heterocycles. The number of hydrogen-bond donors (Lipinski definition) is 1. The first-order valence-electron chi connectivity index (χ1n) is 12.5. The zero-order valence-corrected chi connectivity index (χ0v) is 21.0. The van der Waals surface area contributed by atoms with Gasteiger partial charge in [-0.25, -0.2) is 9.00 Å². The third kappa shape index (κ3) is 5.69. The molecule has 0 radical (unpaired) electrons. The summed E-state index contributed by atoms with van der Waals surface area (Å²) in [6.07, 6.45) is 5.55. The Morgan fingerprint density at radius 3 is 2.11 bits per heavy atom. The molecule has 2 unspecified atom stereocenters. The first-order valence-corrected chi connectivity index (χ1v) is 13.7. The highest BCUT2D eigenvalue weighted by Crippen LogP contribution is 2.34. The summed E-state index contributed by atoms with van der Waals surface area (Å²) >= 11 is 0. The molecule has 1 aliphatic carbocycles. The van der Waals surface area contributed by atoms with Crippen LogP contribution in [0.5, 0.6) is 5.75 Å². The predicted molar refractivity (Wildman–Crippen MR) is 135 cm³/mol. The summed E-state index contributed by atoms with van der Waals surface area (Å²) in [6, 6.07) is 14.3. The third-order valence-corrected chi connectivity index (χ3v) is 8.52. The lowest BCUT2D eigenvalue weighted by Gasteiger charge is -2.23. The molecule has 3 heterocycles. The van der Waals surface area contributed by atoms with Gasteiger partial charge in [0.25, 0.3) is 5.91 Å². The van der Waals surface area contributed by atoms with Crippen LogP contribution in [0.25, 0.3) is 0 Å². The molecule has 0 spiro atoms. The molecule has 2 bridgehead atoms. The molecule has 2 atom stereocenters. The van der Waals surface area contributed by atoms with Crippen LogP contribution in [-0.2, 0) is 11.0 Å². The Kier molecular flexibility index (Phi) is 7.09. The second-order valence-electron chi connectivity index (χ2n) is 10.1. The van der Waals surface area contributed by atoms with Gasteiger partial charge in [-0.1, -0.05) is 17.7 Å². The van der Waals surface area contributed by atoms with Gasteiger partial charge < -0.3 is 14.5 Å². The minimum absolute atomic E-state index is 0.112. The number of aryl methyl sites for hydroxylation is 1. The van der Waals surface area contributed by atoms with Crippen molar-refractivity contribution in [3.8, 4) is 5.75 Å². The van der Waals surface area contributed by atoms with Gasteiger partial charge in [0.15, 0.2) is 11.0 Å². The highest BCUT2D eigenvalue weighted by molar-refractivity contribution is 7.83. The van der Waals surface area contributed by atoms with Gasteiger partial charge in [-0.3, -0.25) is 9.52 Å². The molecule has 4 aliphatic rings. The van der Waals surface area contributed by atoms with Gasteiger partial charge in [0.1, 0.15) is 11.9 Å². The number of hydrogen-bond acceptors (Lipinski definition) is 4. The Balaban J connectivity index is 1.12. The van der Waals surface area contributed by atoms with Crippen LogP contribution in [0, 0.1) is 18.8 Å². The molecule has 0 aromatic heterocycles. The number of benzene rings is 2. The van der Waals surface area contributed by atoms with E-state index in [1.807, 2.05) is 48.2 Å². The number of urea groups is 1. The number of rotatable bonds is 5. The van der Waals surface area contributed by atoms with E-state index in [1.165, 1.54) is 25.7 Å². The smallest absolute Gasteiger partial charge is 0.329 e. The van der Waals surface area contributed by atoms with Crippen molar-refractivity contribution in [3.63, 3.8) is 0 Å². The van der Waals surface area contributed by atoms with Crippen LogP contribution >= 0.6 is 0 Å². The third-order valence-electron chi connectivity index (χ3n) is 7.46. The van der Waals surface area contributed by atoms with Crippen molar-refractivity contribution in [1.82, 2.24) is 14.5 Å². The summed E-state index contributed by atoms with van der Waals surface area (Å²) in [5.41, 5.74) is 1.77. The summed E-state index contributed by atoms with van der Waals surface area (Å²) in [7, 11) is -1.60. The molecule has 1 saturated carbocycles. The first kappa shape index (κ1) is 23.9. The molecule has 3 amide bonds. The fourth-order valence-corrected chi connectivity index (χ4v) is 6.17. The molecular formula is C27H33N3O4S. The largest absolute Gasteiger partial charge is 0.489 e. The van der Waals surface area contributed by atoms with Crippen LogP contribution in [0.4, 0.5) is 4.79 Å². The second-order valence-corrected chi connectivity index (χ2v) is 11.3. The van der Waals surface area contributed by atoms with E-state index >= 15 is 0 Å². The lowest BCUT2D eigenvalue weighted by atomic mass is 9.84. The Morgan fingerprint density at radius 1 is 0.857 bits per heavy atom. The summed E-state index contributed by atoms with van der Waals surface area (Å²) in [5.74, 6) is 2.10. The number of likely N-dealkylation sites (tertiary alicyclic amines) is 1. The summed E-state index contributed by atoms with van der Waals surface area (Å²) < 4.78 is 21.1. The van der Waals surface area contributed by atoms with Crippen molar-refractivity contribution in [2.75, 3.05) is 26.2 Å². The number of nitrogens with zero attached hydrogens (tertiary/aromatic N) is 2. The van der Waals surface area contributed by atoms with Gasteiger partial charge in [-0.05, 0) is 80.8 Å². The minimum Gasteiger partial charge on any atom is -0.489 e. The summed E-state index contributed by atoms with van der Waals surface area (Å²) in [6.45, 7) is 4.67. The van der Waals surface area contributed by atoms with Crippen LogP contribution in [0.1, 0.15) is 48.0 Å². The van der Waals surface area contributed by atoms with Crippen molar-refractivity contribution >= 4 is 22.9 Å². The van der Waals surface area contributed by atoms with Gasteiger partial charge in [-0.2, -0.15) is 0 Å².